The van der Waals surface area contributed by atoms with E-state index in [1.807, 2.05) is 24.3 Å². The number of H-pyrrole nitrogens is 1. The van der Waals surface area contributed by atoms with Gasteiger partial charge in [0, 0.05) is 18.7 Å². The van der Waals surface area contributed by atoms with Crippen LogP contribution in [-0.4, -0.2) is 35.6 Å². The molecule has 1 atom stereocenters. The van der Waals surface area contributed by atoms with Crippen LogP contribution in [-0.2, 0) is 7.05 Å². The minimum atomic E-state index is -0.500. The lowest BCUT2D eigenvalue weighted by Gasteiger charge is -2.19. The number of amides is 1. The second-order valence-electron chi connectivity index (χ2n) is 8.06. The van der Waals surface area contributed by atoms with Gasteiger partial charge in [0.1, 0.15) is 12.2 Å². The number of carbonyl (C=O) groups excluding carboxylic acids is 1. The zero-order valence-corrected chi connectivity index (χ0v) is 19.2. The summed E-state index contributed by atoms with van der Waals surface area (Å²) in [4.78, 5) is 32.6. The van der Waals surface area contributed by atoms with Crippen molar-refractivity contribution in [1.29, 1.82) is 0 Å². The average Bonchev–Trinajstić information content (AvgIpc) is 3.39. The molecule has 170 valence electrons. The molecule has 2 aromatic carbocycles. The molecule has 0 radical (unpaired) electrons. The zero-order chi connectivity index (χ0) is 23.5. The molecule has 0 aliphatic carbocycles. The summed E-state index contributed by atoms with van der Waals surface area (Å²) >= 11 is 1.12. The Hall–Kier alpha value is -3.73. The fourth-order valence-corrected chi connectivity index (χ4v) is 4.29. The Kier molecular flexibility index (Phi) is 6.40. The van der Waals surface area contributed by atoms with E-state index in [1.165, 1.54) is 12.4 Å². The van der Waals surface area contributed by atoms with Crippen molar-refractivity contribution in [3.05, 3.63) is 70.3 Å². The molecule has 0 aliphatic rings. The number of nitro benzene ring substituents is 1. The summed E-state index contributed by atoms with van der Waals surface area (Å²) in [5.41, 5.74) is 1.74. The van der Waals surface area contributed by atoms with Gasteiger partial charge in [-0.25, -0.2) is 4.98 Å². The van der Waals surface area contributed by atoms with Crippen LogP contribution in [0.3, 0.4) is 0 Å². The third-order valence-corrected chi connectivity index (χ3v) is 6.16. The van der Waals surface area contributed by atoms with E-state index in [0.717, 1.165) is 22.8 Å². The number of hydrogen-bond donors (Lipinski definition) is 2. The van der Waals surface area contributed by atoms with E-state index in [0.29, 0.717) is 28.2 Å². The number of nitro groups is 1. The van der Waals surface area contributed by atoms with E-state index < -0.39 is 10.8 Å². The molecule has 2 aromatic heterocycles. The number of rotatable bonds is 8. The van der Waals surface area contributed by atoms with Gasteiger partial charge in [-0.15, -0.1) is 10.2 Å². The molecule has 0 spiro atoms. The van der Waals surface area contributed by atoms with E-state index in [2.05, 4.69) is 39.3 Å². The van der Waals surface area contributed by atoms with Crippen LogP contribution in [0, 0.1) is 16.0 Å². The van der Waals surface area contributed by atoms with Crippen molar-refractivity contribution in [2.24, 2.45) is 13.0 Å². The summed E-state index contributed by atoms with van der Waals surface area (Å²) in [6.45, 7) is 4.12. The highest BCUT2D eigenvalue weighted by Gasteiger charge is 2.24. The van der Waals surface area contributed by atoms with Gasteiger partial charge in [-0.2, -0.15) is 0 Å². The Balaban J connectivity index is 1.60. The number of imidazole rings is 1. The summed E-state index contributed by atoms with van der Waals surface area (Å²) in [5, 5.41) is 22.9. The number of hydrogen-bond acceptors (Lipinski definition) is 7. The Morgan fingerprint density at radius 3 is 2.73 bits per heavy atom. The van der Waals surface area contributed by atoms with Gasteiger partial charge in [0.25, 0.3) is 11.6 Å². The molecule has 1 unspecified atom stereocenters. The molecular formula is C22H23N7O3S. The lowest BCUT2D eigenvalue weighted by Crippen LogP contribution is -2.30. The molecule has 2 heterocycles. The van der Waals surface area contributed by atoms with Crippen molar-refractivity contribution in [3.63, 3.8) is 0 Å². The Morgan fingerprint density at radius 1 is 1.27 bits per heavy atom. The number of aryl methyl sites for hydroxylation is 1. The summed E-state index contributed by atoms with van der Waals surface area (Å²) < 4.78 is 1.67. The quantitative estimate of drug-likeness (QED) is 0.293. The molecule has 1 amide bonds. The van der Waals surface area contributed by atoms with Gasteiger partial charge >= 0.3 is 0 Å². The van der Waals surface area contributed by atoms with Gasteiger partial charge in [0.05, 0.1) is 26.9 Å². The number of carbonyl (C=O) groups is 1. The normalized spacial score (nSPS) is 12.2. The van der Waals surface area contributed by atoms with Crippen molar-refractivity contribution in [2.45, 2.75) is 36.4 Å². The Labute approximate surface area is 194 Å². The number of fused-ring (bicyclic) bond motifs is 1. The van der Waals surface area contributed by atoms with Crippen molar-refractivity contribution < 1.29 is 9.72 Å². The maximum atomic E-state index is 13.1. The molecule has 0 bridgehead atoms. The SMILES string of the molecule is CC(C)CC(NC(=O)c1ccc(Sc2nncn2C)c([N+](=O)[O-])c1)c1nc2ccccc2[nH]1. The van der Waals surface area contributed by atoms with Gasteiger partial charge in [-0.3, -0.25) is 14.9 Å². The largest absolute Gasteiger partial charge is 0.342 e. The van der Waals surface area contributed by atoms with Crippen LogP contribution in [0.4, 0.5) is 5.69 Å². The number of aromatic amines is 1. The van der Waals surface area contributed by atoms with Gasteiger partial charge in [-0.1, -0.05) is 26.0 Å². The van der Waals surface area contributed by atoms with Gasteiger partial charge in [0.2, 0.25) is 0 Å². The van der Waals surface area contributed by atoms with Gasteiger partial charge in [-0.05, 0) is 48.4 Å². The topological polar surface area (TPSA) is 132 Å². The number of aromatic nitrogens is 5. The first-order chi connectivity index (χ1) is 15.8. The molecule has 0 fully saturated rings. The van der Waals surface area contributed by atoms with Crippen LogP contribution in [0.15, 0.2) is 58.8 Å². The second kappa shape index (κ2) is 9.41. The van der Waals surface area contributed by atoms with Crippen molar-refractivity contribution in [3.8, 4) is 0 Å². The minimum Gasteiger partial charge on any atom is -0.342 e. The van der Waals surface area contributed by atoms with Gasteiger partial charge in [0.15, 0.2) is 5.16 Å². The first kappa shape index (κ1) is 22.5. The molecule has 4 rings (SSSR count). The van der Waals surface area contributed by atoms with E-state index in [9.17, 15) is 14.9 Å². The summed E-state index contributed by atoms with van der Waals surface area (Å²) in [6, 6.07) is 11.7. The molecule has 2 N–H and O–H groups in total. The second-order valence-corrected chi connectivity index (χ2v) is 9.07. The third-order valence-electron chi connectivity index (χ3n) is 5.04. The first-order valence-corrected chi connectivity index (χ1v) is 11.2. The summed E-state index contributed by atoms with van der Waals surface area (Å²) in [7, 11) is 1.75. The number of nitrogens with one attached hydrogen (secondary N) is 2. The lowest BCUT2D eigenvalue weighted by molar-refractivity contribution is -0.387. The monoisotopic (exact) mass is 465 g/mol. The number of benzene rings is 2. The van der Waals surface area contributed by atoms with E-state index >= 15 is 0 Å². The van der Waals surface area contributed by atoms with E-state index in [1.54, 1.807) is 23.7 Å². The maximum Gasteiger partial charge on any atom is 0.284 e. The minimum absolute atomic E-state index is 0.167. The first-order valence-electron chi connectivity index (χ1n) is 10.4. The van der Waals surface area contributed by atoms with Crippen molar-refractivity contribution >= 4 is 34.4 Å². The highest BCUT2D eigenvalue weighted by atomic mass is 32.2. The molecule has 0 aliphatic heterocycles. The molecule has 4 aromatic rings. The van der Waals surface area contributed by atoms with E-state index in [4.69, 9.17) is 0 Å². The van der Waals surface area contributed by atoms with Crippen LogP contribution in [0.25, 0.3) is 11.0 Å². The highest BCUT2D eigenvalue weighted by Crippen LogP contribution is 2.34. The highest BCUT2D eigenvalue weighted by molar-refractivity contribution is 7.99. The summed E-state index contributed by atoms with van der Waals surface area (Å²) in [6.07, 6.45) is 2.18. The number of para-hydroxylation sites is 2. The average molecular weight is 466 g/mol. The predicted octanol–water partition coefficient (Wildman–Crippen LogP) is 4.27. The summed E-state index contributed by atoms with van der Waals surface area (Å²) in [5.74, 6) is 0.546. The molecule has 0 saturated carbocycles. The smallest absolute Gasteiger partial charge is 0.284 e. The molecular weight excluding hydrogens is 442 g/mol. The number of nitrogens with zero attached hydrogens (tertiary/aromatic N) is 5. The molecule has 10 nitrogen and oxygen atoms in total. The van der Waals surface area contributed by atoms with Crippen LogP contribution in [0.5, 0.6) is 0 Å². The predicted molar refractivity (Wildman–Crippen MR) is 124 cm³/mol. The van der Waals surface area contributed by atoms with E-state index in [-0.39, 0.29) is 17.3 Å². The standard InChI is InChI=1S/C22H23N7O3S/c1-13(2)10-17(20-24-15-6-4-5-7-16(15)25-20)26-21(30)14-8-9-19(18(11-14)29(31)32)33-22-27-23-12-28(22)3/h4-9,11-13,17H,10H2,1-3H3,(H,24,25)(H,26,30). The fraction of sp³-hybridized carbons (Fsp3) is 0.273. The fourth-order valence-electron chi connectivity index (χ4n) is 3.44. The molecule has 11 heteroatoms. The zero-order valence-electron chi connectivity index (χ0n) is 18.3. The molecule has 0 saturated heterocycles. The van der Waals surface area contributed by atoms with Crippen molar-refractivity contribution in [2.75, 3.05) is 0 Å². The van der Waals surface area contributed by atoms with Crippen LogP contribution in [0.2, 0.25) is 0 Å². The van der Waals surface area contributed by atoms with Crippen LogP contribution < -0.4 is 5.32 Å². The lowest BCUT2D eigenvalue weighted by atomic mass is 10.0. The van der Waals surface area contributed by atoms with Gasteiger partial charge < -0.3 is 14.9 Å². The Bertz CT molecular complexity index is 1280. The third kappa shape index (κ3) is 5.03. The van der Waals surface area contributed by atoms with Crippen molar-refractivity contribution in [1.82, 2.24) is 30.0 Å². The van der Waals surface area contributed by atoms with Crippen LogP contribution >= 0.6 is 11.8 Å². The van der Waals surface area contributed by atoms with Crippen LogP contribution in [0.1, 0.15) is 42.5 Å². The Morgan fingerprint density at radius 2 is 2.06 bits per heavy atom. The molecule has 33 heavy (non-hydrogen) atoms. The maximum absolute atomic E-state index is 13.1.